The summed E-state index contributed by atoms with van der Waals surface area (Å²) in [5.41, 5.74) is 3.93. The third kappa shape index (κ3) is 8.74. The lowest BCUT2D eigenvalue weighted by Gasteiger charge is -2.08. The maximum Gasteiger partial charge on any atom is 0.261 e. The van der Waals surface area contributed by atoms with Crippen molar-refractivity contribution in [1.82, 2.24) is 0 Å². The number of benzene rings is 5. The lowest BCUT2D eigenvalue weighted by molar-refractivity contribution is 0.599. The molecule has 12 heteroatoms. The average molecular weight is 847 g/mol. The molecule has 0 radical (unpaired) electrons. The summed E-state index contributed by atoms with van der Waals surface area (Å²) in [5.74, 6) is 0. The molecule has 0 aliphatic heterocycles. The smallest absolute Gasteiger partial charge is 0.261 e. The van der Waals surface area contributed by atoms with E-state index in [1.54, 1.807) is 61.0 Å². The zero-order valence-electron chi connectivity index (χ0n) is 22.8. The molecule has 0 fully saturated rings. The third-order valence-electron chi connectivity index (χ3n) is 6.15. The Morgan fingerprint density at radius 1 is 0.455 bits per heavy atom. The second kappa shape index (κ2) is 14.0. The summed E-state index contributed by atoms with van der Waals surface area (Å²) in [6.07, 6.45) is 3.38. The fourth-order valence-corrected chi connectivity index (χ4v) is 6.69. The van der Waals surface area contributed by atoms with Crippen LogP contribution in [0, 0.1) is 7.14 Å². The zero-order chi connectivity index (χ0) is 31.2. The molecule has 0 atom stereocenters. The largest absolute Gasteiger partial charge is 0.280 e. The van der Waals surface area contributed by atoms with Gasteiger partial charge in [-0.05, 0) is 153 Å². The van der Waals surface area contributed by atoms with Crippen molar-refractivity contribution in [2.45, 2.75) is 9.79 Å². The van der Waals surface area contributed by atoms with Crippen molar-refractivity contribution in [3.05, 3.63) is 140 Å². The van der Waals surface area contributed by atoms with Crippen LogP contribution in [0.2, 0.25) is 0 Å². The summed E-state index contributed by atoms with van der Waals surface area (Å²) < 4.78 is 57.9. The van der Waals surface area contributed by atoms with Crippen LogP contribution in [0.3, 0.4) is 0 Å². The lowest BCUT2D eigenvalue weighted by Crippen LogP contribution is -2.12. The normalized spacial score (nSPS) is 12.0. The van der Waals surface area contributed by atoms with Crippen LogP contribution >= 0.6 is 45.2 Å². The molecule has 5 aromatic carbocycles. The van der Waals surface area contributed by atoms with Gasteiger partial charge in [0.25, 0.3) is 20.0 Å². The van der Waals surface area contributed by atoms with E-state index in [9.17, 15) is 16.8 Å². The molecule has 8 nitrogen and oxygen atoms in total. The molecule has 5 aromatic rings. The first-order valence-corrected chi connectivity index (χ1v) is 18.1. The Labute approximate surface area is 283 Å². The van der Waals surface area contributed by atoms with Gasteiger partial charge in [-0.15, -0.1) is 0 Å². The Kier molecular flexibility index (Phi) is 10.1. The number of halogens is 2. The van der Waals surface area contributed by atoms with Crippen molar-refractivity contribution in [3.63, 3.8) is 0 Å². The number of anilines is 2. The van der Waals surface area contributed by atoms with Crippen LogP contribution < -0.4 is 9.44 Å². The first kappa shape index (κ1) is 31.8. The molecule has 0 spiro atoms. The van der Waals surface area contributed by atoms with Gasteiger partial charge in [0.15, 0.2) is 0 Å². The highest BCUT2D eigenvalue weighted by atomic mass is 127. The highest BCUT2D eigenvalue weighted by molar-refractivity contribution is 14.1. The number of hydrogen-bond donors (Lipinski definition) is 2. The molecule has 0 aliphatic rings. The van der Waals surface area contributed by atoms with Crippen LogP contribution in [0.25, 0.3) is 0 Å². The highest BCUT2D eigenvalue weighted by Crippen LogP contribution is 2.22. The van der Waals surface area contributed by atoms with Crippen LogP contribution in [0.15, 0.2) is 141 Å². The second-order valence-electron chi connectivity index (χ2n) is 9.40. The van der Waals surface area contributed by atoms with Crippen molar-refractivity contribution in [1.29, 1.82) is 0 Å². The Hall–Kier alpha value is -3.60. The highest BCUT2D eigenvalue weighted by Gasteiger charge is 2.15. The molecule has 0 aromatic heterocycles. The van der Waals surface area contributed by atoms with E-state index in [2.05, 4.69) is 64.6 Å². The van der Waals surface area contributed by atoms with E-state index in [-0.39, 0.29) is 9.79 Å². The molecule has 44 heavy (non-hydrogen) atoms. The van der Waals surface area contributed by atoms with Gasteiger partial charge in [-0.3, -0.25) is 19.4 Å². The number of hydrogen-bond acceptors (Lipinski definition) is 6. The number of nitrogens with one attached hydrogen (secondary N) is 2. The van der Waals surface area contributed by atoms with Crippen molar-refractivity contribution < 1.29 is 16.8 Å². The maximum absolute atomic E-state index is 12.7. The lowest BCUT2D eigenvalue weighted by atomic mass is 10.1. The van der Waals surface area contributed by atoms with Crippen LogP contribution in [0.4, 0.5) is 22.7 Å². The van der Waals surface area contributed by atoms with Gasteiger partial charge in [-0.2, -0.15) is 0 Å². The predicted octanol–water partition coefficient (Wildman–Crippen LogP) is 8.00. The SMILES string of the molecule is O=S(=O)(Nc1ccc(I)cc1)c1ccc(N=Cc2ccc(C=Nc3ccc(S(=O)(=O)Nc4ccc(I)cc4)cc3)cc2)cc1. The first-order valence-electron chi connectivity index (χ1n) is 13.0. The summed E-state index contributed by atoms with van der Waals surface area (Å²) >= 11 is 4.32. The van der Waals surface area contributed by atoms with Crippen molar-refractivity contribution in [3.8, 4) is 0 Å². The van der Waals surface area contributed by atoms with Crippen LogP contribution in [-0.2, 0) is 20.0 Å². The Balaban J connectivity index is 1.17. The van der Waals surface area contributed by atoms with Crippen LogP contribution in [0.1, 0.15) is 11.1 Å². The minimum absolute atomic E-state index is 0.147. The summed E-state index contributed by atoms with van der Waals surface area (Å²) in [6, 6.07) is 34.4. The molecular weight excluding hydrogens is 822 g/mol. The molecule has 0 aliphatic carbocycles. The van der Waals surface area contributed by atoms with E-state index in [1.807, 2.05) is 48.5 Å². The minimum atomic E-state index is -3.71. The Morgan fingerprint density at radius 2 is 0.773 bits per heavy atom. The Bertz CT molecular complexity index is 1870. The fraction of sp³-hybridized carbons (Fsp3) is 0. The number of rotatable bonds is 10. The fourth-order valence-electron chi connectivity index (χ4n) is 3.85. The minimum Gasteiger partial charge on any atom is -0.280 e. The van der Waals surface area contributed by atoms with Gasteiger partial charge in [-0.1, -0.05) is 24.3 Å². The van der Waals surface area contributed by atoms with E-state index in [1.165, 1.54) is 24.3 Å². The summed E-state index contributed by atoms with van der Waals surface area (Å²) in [5, 5.41) is 0. The maximum atomic E-state index is 12.7. The van der Waals surface area contributed by atoms with Gasteiger partial charge in [0.1, 0.15) is 0 Å². The summed E-state index contributed by atoms with van der Waals surface area (Å²) in [7, 11) is -7.42. The molecule has 222 valence electrons. The molecule has 0 saturated heterocycles. The van der Waals surface area contributed by atoms with E-state index < -0.39 is 20.0 Å². The molecule has 0 unspecified atom stereocenters. The molecule has 2 N–H and O–H groups in total. The van der Waals surface area contributed by atoms with Gasteiger partial charge >= 0.3 is 0 Å². The van der Waals surface area contributed by atoms with Crippen molar-refractivity contribution in [2.75, 3.05) is 9.44 Å². The van der Waals surface area contributed by atoms with Gasteiger partial charge < -0.3 is 0 Å². The standard InChI is InChI=1S/C32H24I2N4O4S2/c33-25-5-9-29(10-6-25)37-43(39,40)31-17-13-27(14-18-31)35-21-23-1-2-24(4-3-23)22-36-28-15-19-32(20-16-28)44(41,42)38-30-11-7-26(34)8-12-30/h1-22,37-38H. The van der Waals surface area contributed by atoms with Crippen molar-refractivity contribution >= 4 is 100 Å². The summed E-state index contributed by atoms with van der Waals surface area (Å²) in [4.78, 5) is 9.18. The topological polar surface area (TPSA) is 117 Å². The van der Waals surface area contributed by atoms with E-state index >= 15 is 0 Å². The number of sulfonamides is 2. The number of nitrogens with zero attached hydrogens (tertiary/aromatic N) is 2. The van der Waals surface area contributed by atoms with E-state index in [0.717, 1.165) is 18.3 Å². The molecule has 5 rings (SSSR count). The zero-order valence-corrected chi connectivity index (χ0v) is 28.7. The second-order valence-corrected chi connectivity index (χ2v) is 15.3. The monoisotopic (exact) mass is 846 g/mol. The van der Waals surface area contributed by atoms with E-state index in [4.69, 9.17) is 0 Å². The molecular formula is C32H24I2N4O4S2. The van der Waals surface area contributed by atoms with Gasteiger partial charge in [0.2, 0.25) is 0 Å². The van der Waals surface area contributed by atoms with Crippen molar-refractivity contribution in [2.24, 2.45) is 9.98 Å². The quantitative estimate of drug-likeness (QED) is 0.110. The summed E-state index contributed by atoms with van der Waals surface area (Å²) in [6.45, 7) is 0. The average Bonchev–Trinajstić information content (AvgIpc) is 3.02. The van der Waals surface area contributed by atoms with Crippen LogP contribution in [-0.4, -0.2) is 29.3 Å². The molecule has 0 bridgehead atoms. The first-order chi connectivity index (χ1) is 21.1. The Morgan fingerprint density at radius 3 is 1.09 bits per heavy atom. The molecule has 0 heterocycles. The molecule has 0 amide bonds. The molecule has 0 saturated carbocycles. The third-order valence-corrected chi connectivity index (χ3v) is 10.4. The van der Waals surface area contributed by atoms with E-state index in [0.29, 0.717) is 22.7 Å². The van der Waals surface area contributed by atoms with Gasteiger partial charge in [-0.25, -0.2) is 16.8 Å². The van der Waals surface area contributed by atoms with Gasteiger partial charge in [0, 0.05) is 30.9 Å². The van der Waals surface area contributed by atoms with Gasteiger partial charge in [0.05, 0.1) is 21.2 Å². The predicted molar refractivity (Wildman–Crippen MR) is 194 cm³/mol. The van der Waals surface area contributed by atoms with Crippen LogP contribution in [0.5, 0.6) is 0 Å². The number of aliphatic imine (C=N–C) groups is 2.